The summed E-state index contributed by atoms with van der Waals surface area (Å²) in [6, 6.07) is 13.3. The summed E-state index contributed by atoms with van der Waals surface area (Å²) < 4.78 is 0.822. The maximum atomic E-state index is 12.6. The molecule has 1 atom stereocenters. The van der Waals surface area contributed by atoms with Gasteiger partial charge < -0.3 is 4.90 Å². The van der Waals surface area contributed by atoms with Crippen molar-refractivity contribution in [3.63, 3.8) is 0 Å². The standard InChI is InChI=1S/C17H17BrClNO/c1-11-4-9-15(16(18)10-11)17(21)20(3)12(2)13-5-7-14(19)8-6-13/h4-10,12H,1-3H3. The molecule has 0 bridgehead atoms. The highest BCUT2D eigenvalue weighted by molar-refractivity contribution is 9.10. The van der Waals surface area contributed by atoms with Gasteiger partial charge in [0.25, 0.3) is 5.91 Å². The number of carbonyl (C=O) groups is 1. The number of rotatable bonds is 3. The van der Waals surface area contributed by atoms with Gasteiger partial charge in [-0.05, 0) is 65.2 Å². The van der Waals surface area contributed by atoms with Crippen LogP contribution in [0.4, 0.5) is 0 Å². The SMILES string of the molecule is Cc1ccc(C(=O)N(C)C(C)c2ccc(Cl)cc2)c(Br)c1. The molecule has 0 aliphatic heterocycles. The molecule has 0 aliphatic rings. The summed E-state index contributed by atoms with van der Waals surface area (Å²) in [5, 5.41) is 0.696. The Labute approximate surface area is 138 Å². The van der Waals surface area contributed by atoms with Crippen molar-refractivity contribution in [2.45, 2.75) is 19.9 Å². The van der Waals surface area contributed by atoms with Crippen LogP contribution in [0.5, 0.6) is 0 Å². The largest absolute Gasteiger partial charge is 0.335 e. The monoisotopic (exact) mass is 365 g/mol. The van der Waals surface area contributed by atoms with E-state index in [0.29, 0.717) is 10.6 Å². The Morgan fingerprint density at radius 3 is 2.38 bits per heavy atom. The minimum atomic E-state index is -0.0250. The van der Waals surface area contributed by atoms with E-state index in [1.807, 2.05) is 63.4 Å². The van der Waals surface area contributed by atoms with E-state index in [2.05, 4.69) is 15.9 Å². The van der Waals surface area contributed by atoms with Crippen molar-refractivity contribution in [3.05, 3.63) is 68.7 Å². The zero-order chi connectivity index (χ0) is 15.6. The number of carbonyl (C=O) groups excluding carboxylic acids is 1. The Morgan fingerprint density at radius 1 is 1.19 bits per heavy atom. The molecule has 0 N–H and O–H groups in total. The summed E-state index contributed by atoms with van der Waals surface area (Å²) in [5.41, 5.74) is 2.84. The highest BCUT2D eigenvalue weighted by Gasteiger charge is 2.20. The van der Waals surface area contributed by atoms with Gasteiger partial charge in [-0.15, -0.1) is 0 Å². The molecule has 2 rings (SSSR count). The third kappa shape index (κ3) is 3.66. The van der Waals surface area contributed by atoms with Gasteiger partial charge in [-0.25, -0.2) is 0 Å². The van der Waals surface area contributed by atoms with E-state index >= 15 is 0 Å². The molecule has 0 saturated heterocycles. The van der Waals surface area contributed by atoms with E-state index in [-0.39, 0.29) is 11.9 Å². The lowest BCUT2D eigenvalue weighted by molar-refractivity contribution is 0.0741. The summed E-state index contributed by atoms with van der Waals surface area (Å²) in [7, 11) is 1.81. The first kappa shape index (κ1) is 16.1. The topological polar surface area (TPSA) is 20.3 Å². The van der Waals surface area contributed by atoms with Crippen molar-refractivity contribution in [2.24, 2.45) is 0 Å². The second-order valence-electron chi connectivity index (χ2n) is 5.13. The molecule has 0 aromatic heterocycles. The lowest BCUT2D eigenvalue weighted by Gasteiger charge is -2.26. The first-order valence-electron chi connectivity index (χ1n) is 6.69. The fourth-order valence-corrected chi connectivity index (χ4v) is 2.91. The molecule has 1 unspecified atom stereocenters. The number of hydrogen-bond acceptors (Lipinski definition) is 1. The molecule has 4 heteroatoms. The quantitative estimate of drug-likeness (QED) is 0.727. The van der Waals surface area contributed by atoms with Crippen molar-refractivity contribution in [1.82, 2.24) is 4.90 Å². The van der Waals surface area contributed by atoms with Gasteiger partial charge in [-0.2, -0.15) is 0 Å². The van der Waals surface area contributed by atoms with E-state index in [1.54, 1.807) is 4.90 Å². The summed E-state index contributed by atoms with van der Waals surface area (Å²) >= 11 is 9.37. The van der Waals surface area contributed by atoms with Crippen LogP contribution in [0.25, 0.3) is 0 Å². The van der Waals surface area contributed by atoms with Gasteiger partial charge in [0, 0.05) is 16.5 Å². The maximum absolute atomic E-state index is 12.6. The molecule has 0 radical (unpaired) electrons. The highest BCUT2D eigenvalue weighted by atomic mass is 79.9. The van der Waals surface area contributed by atoms with Crippen LogP contribution in [0, 0.1) is 6.92 Å². The van der Waals surface area contributed by atoms with Crippen LogP contribution in [0.3, 0.4) is 0 Å². The Hall–Kier alpha value is -1.32. The van der Waals surface area contributed by atoms with Crippen molar-refractivity contribution in [3.8, 4) is 0 Å². The summed E-state index contributed by atoms with van der Waals surface area (Å²) in [4.78, 5) is 14.4. The predicted molar refractivity (Wildman–Crippen MR) is 90.8 cm³/mol. The van der Waals surface area contributed by atoms with Gasteiger partial charge in [-0.3, -0.25) is 4.79 Å². The van der Waals surface area contributed by atoms with Crippen LogP contribution in [0.2, 0.25) is 5.02 Å². The van der Waals surface area contributed by atoms with E-state index in [4.69, 9.17) is 11.6 Å². The van der Waals surface area contributed by atoms with Crippen LogP contribution >= 0.6 is 27.5 Å². The normalized spacial score (nSPS) is 12.0. The zero-order valence-corrected chi connectivity index (χ0v) is 14.6. The second-order valence-corrected chi connectivity index (χ2v) is 6.42. The lowest BCUT2D eigenvalue weighted by atomic mass is 10.1. The number of benzene rings is 2. The Morgan fingerprint density at radius 2 is 1.81 bits per heavy atom. The fourth-order valence-electron chi connectivity index (χ4n) is 2.12. The molecule has 0 saturated carbocycles. The lowest BCUT2D eigenvalue weighted by Crippen LogP contribution is -2.29. The molecule has 110 valence electrons. The van der Waals surface area contributed by atoms with Crippen molar-refractivity contribution in [2.75, 3.05) is 7.05 Å². The number of halogens is 2. The molecule has 2 aromatic carbocycles. The summed E-state index contributed by atoms with van der Waals surface area (Å²) in [5.74, 6) is -0.00988. The van der Waals surface area contributed by atoms with Crippen LogP contribution in [0.1, 0.15) is 34.5 Å². The predicted octanol–water partition coefficient (Wildman–Crippen LogP) is 5.24. The molecule has 21 heavy (non-hydrogen) atoms. The van der Waals surface area contributed by atoms with E-state index in [9.17, 15) is 4.79 Å². The molecular formula is C17H17BrClNO. The summed E-state index contributed by atoms with van der Waals surface area (Å²) in [6.07, 6.45) is 0. The molecule has 0 spiro atoms. The molecule has 0 fully saturated rings. The van der Waals surface area contributed by atoms with Crippen LogP contribution in [-0.4, -0.2) is 17.9 Å². The third-order valence-corrected chi connectivity index (χ3v) is 4.52. The second kappa shape index (κ2) is 6.63. The van der Waals surface area contributed by atoms with Crippen LogP contribution < -0.4 is 0 Å². The average Bonchev–Trinajstić information content (AvgIpc) is 2.46. The number of hydrogen-bond donors (Lipinski definition) is 0. The Bertz CT molecular complexity index is 654. The molecule has 0 heterocycles. The van der Waals surface area contributed by atoms with Gasteiger partial charge in [0.05, 0.1) is 11.6 Å². The smallest absolute Gasteiger partial charge is 0.255 e. The van der Waals surface area contributed by atoms with Gasteiger partial charge in [-0.1, -0.05) is 29.8 Å². The van der Waals surface area contributed by atoms with Crippen molar-refractivity contribution in [1.29, 1.82) is 0 Å². The van der Waals surface area contributed by atoms with Gasteiger partial charge in [0.15, 0.2) is 0 Å². The maximum Gasteiger partial charge on any atom is 0.255 e. The van der Waals surface area contributed by atoms with Gasteiger partial charge >= 0.3 is 0 Å². The van der Waals surface area contributed by atoms with Gasteiger partial charge in [0.1, 0.15) is 0 Å². The number of aryl methyl sites for hydroxylation is 1. The average molecular weight is 367 g/mol. The number of nitrogens with zero attached hydrogens (tertiary/aromatic N) is 1. The first-order chi connectivity index (χ1) is 9.90. The third-order valence-electron chi connectivity index (χ3n) is 3.61. The molecule has 1 amide bonds. The fraction of sp³-hybridized carbons (Fsp3) is 0.235. The van der Waals surface area contributed by atoms with Crippen LogP contribution in [-0.2, 0) is 0 Å². The van der Waals surface area contributed by atoms with E-state index in [0.717, 1.165) is 15.6 Å². The van der Waals surface area contributed by atoms with Crippen molar-refractivity contribution >= 4 is 33.4 Å². The molecule has 2 aromatic rings. The number of amides is 1. The Kier molecular flexibility index (Phi) is 5.07. The van der Waals surface area contributed by atoms with E-state index in [1.165, 1.54) is 0 Å². The minimum absolute atomic E-state index is 0.00988. The highest BCUT2D eigenvalue weighted by Crippen LogP contribution is 2.25. The first-order valence-corrected chi connectivity index (χ1v) is 7.86. The van der Waals surface area contributed by atoms with Gasteiger partial charge in [0.2, 0.25) is 0 Å². The molecule has 0 aliphatic carbocycles. The van der Waals surface area contributed by atoms with Crippen LogP contribution in [0.15, 0.2) is 46.9 Å². The van der Waals surface area contributed by atoms with Crippen molar-refractivity contribution < 1.29 is 4.79 Å². The molecule has 2 nitrogen and oxygen atoms in total. The summed E-state index contributed by atoms with van der Waals surface area (Å²) in [6.45, 7) is 4.00. The Balaban J connectivity index is 2.24. The molecular weight excluding hydrogens is 350 g/mol. The van der Waals surface area contributed by atoms with E-state index < -0.39 is 0 Å². The zero-order valence-electron chi connectivity index (χ0n) is 12.2. The minimum Gasteiger partial charge on any atom is -0.335 e.